The molecule has 0 saturated carbocycles. The molecule has 3 aromatic carbocycles. The molecule has 1 aliphatic heterocycles. The molecule has 0 saturated heterocycles. The summed E-state index contributed by atoms with van der Waals surface area (Å²) in [5.41, 5.74) is 4.08. The quantitative estimate of drug-likeness (QED) is 0.236. The van der Waals surface area contributed by atoms with Gasteiger partial charge in [-0.25, -0.2) is 4.68 Å². The van der Waals surface area contributed by atoms with Gasteiger partial charge in [-0.05, 0) is 54.5 Å². The van der Waals surface area contributed by atoms with E-state index < -0.39 is 11.8 Å². The third-order valence-electron chi connectivity index (χ3n) is 6.73. The van der Waals surface area contributed by atoms with Gasteiger partial charge in [0, 0.05) is 22.9 Å². The third-order valence-corrected chi connectivity index (χ3v) is 6.73. The van der Waals surface area contributed by atoms with Crippen molar-refractivity contribution >= 4 is 17.9 Å². The number of imide groups is 1. The summed E-state index contributed by atoms with van der Waals surface area (Å²) in [6.07, 6.45) is 3.51. The van der Waals surface area contributed by atoms with Crippen LogP contribution in [0.3, 0.4) is 0 Å². The zero-order valence-electron chi connectivity index (χ0n) is 22.3. The fourth-order valence-electron chi connectivity index (χ4n) is 4.61. The summed E-state index contributed by atoms with van der Waals surface area (Å²) in [7, 11) is 3.13. The van der Waals surface area contributed by atoms with Crippen molar-refractivity contribution < 1.29 is 19.1 Å². The zero-order chi connectivity index (χ0) is 28.2. The lowest BCUT2D eigenvalue weighted by atomic mass is 9.93. The van der Waals surface area contributed by atoms with E-state index in [4.69, 9.17) is 14.6 Å². The van der Waals surface area contributed by atoms with Crippen molar-refractivity contribution in [3.8, 4) is 34.5 Å². The van der Waals surface area contributed by atoms with Gasteiger partial charge in [0.2, 0.25) is 0 Å². The van der Waals surface area contributed by atoms with Crippen LogP contribution < -0.4 is 9.47 Å². The van der Waals surface area contributed by atoms with Crippen molar-refractivity contribution in [3.63, 3.8) is 0 Å². The molecular weight excluding hydrogens is 504 g/mol. The molecule has 0 fully saturated rings. The van der Waals surface area contributed by atoms with E-state index in [1.807, 2.05) is 85.1 Å². The van der Waals surface area contributed by atoms with Crippen LogP contribution in [0.4, 0.5) is 0 Å². The number of methoxy groups -OCH3 is 2. The Morgan fingerprint density at radius 3 is 2.23 bits per heavy atom. The molecule has 4 aromatic rings. The second-order valence-electron chi connectivity index (χ2n) is 9.13. The standard InChI is InChI=1S/C32H26N4O4/c1-21-26(31(37)35(32(38)27(21)18-33)19-22-10-6-4-7-11-22)16-24-20-36(25-12-8-5-9-13-25)34-30(24)23-14-15-28(39-2)29(17-23)40-3/h4-17,20H,19H2,1-3H3/b26-16+. The van der Waals surface area contributed by atoms with Crippen LogP contribution in [0, 0.1) is 11.3 Å². The van der Waals surface area contributed by atoms with Gasteiger partial charge in [-0.1, -0.05) is 48.5 Å². The van der Waals surface area contributed by atoms with Crippen LogP contribution in [0.15, 0.2) is 102 Å². The maximum Gasteiger partial charge on any atom is 0.271 e. The van der Waals surface area contributed by atoms with Crippen LogP contribution in [-0.2, 0) is 16.1 Å². The molecule has 40 heavy (non-hydrogen) atoms. The molecule has 0 N–H and O–H groups in total. The molecule has 0 aliphatic carbocycles. The highest BCUT2D eigenvalue weighted by atomic mass is 16.5. The fraction of sp³-hybridized carbons (Fsp3) is 0.125. The first-order valence-corrected chi connectivity index (χ1v) is 12.6. The minimum Gasteiger partial charge on any atom is -0.493 e. The van der Waals surface area contributed by atoms with E-state index >= 15 is 0 Å². The predicted molar refractivity (Wildman–Crippen MR) is 150 cm³/mol. The van der Waals surface area contributed by atoms with E-state index in [9.17, 15) is 14.9 Å². The van der Waals surface area contributed by atoms with Crippen LogP contribution in [-0.4, -0.2) is 40.7 Å². The maximum atomic E-state index is 13.8. The molecule has 2 heterocycles. The van der Waals surface area contributed by atoms with Crippen LogP contribution in [0.1, 0.15) is 18.1 Å². The zero-order valence-corrected chi connectivity index (χ0v) is 22.3. The van der Waals surface area contributed by atoms with Gasteiger partial charge >= 0.3 is 0 Å². The molecule has 0 atom stereocenters. The van der Waals surface area contributed by atoms with Crippen LogP contribution >= 0.6 is 0 Å². The molecule has 0 radical (unpaired) electrons. The summed E-state index contributed by atoms with van der Waals surface area (Å²) in [5.74, 6) is 0.0230. The van der Waals surface area contributed by atoms with Gasteiger partial charge in [-0.3, -0.25) is 14.5 Å². The number of rotatable bonds is 7. The number of para-hydroxylation sites is 1. The molecule has 1 aliphatic rings. The summed E-state index contributed by atoms with van der Waals surface area (Å²) in [5, 5.41) is 14.7. The molecule has 0 unspecified atom stereocenters. The Morgan fingerprint density at radius 2 is 1.57 bits per heavy atom. The van der Waals surface area contributed by atoms with Crippen molar-refractivity contribution in [2.24, 2.45) is 0 Å². The predicted octanol–water partition coefficient (Wildman–Crippen LogP) is 5.35. The van der Waals surface area contributed by atoms with Gasteiger partial charge in [0.15, 0.2) is 11.5 Å². The van der Waals surface area contributed by atoms with Crippen molar-refractivity contribution in [3.05, 3.63) is 113 Å². The van der Waals surface area contributed by atoms with Gasteiger partial charge in [-0.15, -0.1) is 0 Å². The maximum absolute atomic E-state index is 13.8. The normalized spacial score (nSPS) is 14.4. The number of aromatic nitrogens is 2. The number of carbonyl (C=O) groups excluding carboxylic acids is 2. The first-order valence-electron chi connectivity index (χ1n) is 12.6. The number of ether oxygens (including phenoxy) is 2. The van der Waals surface area contributed by atoms with Crippen LogP contribution in [0.25, 0.3) is 23.0 Å². The highest BCUT2D eigenvalue weighted by Crippen LogP contribution is 2.35. The molecule has 0 bridgehead atoms. The SMILES string of the molecule is COc1ccc(-c2nn(-c3ccccc3)cc2/C=C2/C(=O)N(Cc3ccccc3)C(=O)C(C#N)=C2C)cc1OC. The number of hydrogen-bond acceptors (Lipinski definition) is 6. The monoisotopic (exact) mass is 530 g/mol. The third kappa shape index (κ3) is 4.88. The molecule has 0 spiro atoms. The van der Waals surface area contributed by atoms with Crippen molar-refractivity contribution in [2.45, 2.75) is 13.5 Å². The van der Waals surface area contributed by atoms with E-state index in [-0.39, 0.29) is 17.7 Å². The molecule has 1 aromatic heterocycles. The summed E-state index contributed by atoms with van der Waals surface area (Å²) in [4.78, 5) is 28.0. The number of hydrogen-bond donors (Lipinski definition) is 0. The van der Waals surface area contributed by atoms with Crippen LogP contribution in [0.2, 0.25) is 0 Å². The van der Waals surface area contributed by atoms with E-state index in [0.29, 0.717) is 28.3 Å². The van der Waals surface area contributed by atoms with Crippen molar-refractivity contribution in [1.29, 1.82) is 5.26 Å². The van der Waals surface area contributed by atoms with Crippen molar-refractivity contribution in [2.75, 3.05) is 14.2 Å². The molecule has 8 nitrogen and oxygen atoms in total. The van der Waals surface area contributed by atoms with E-state index in [2.05, 4.69) is 0 Å². The Kier molecular flexibility index (Phi) is 7.29. The number of benzene rings is 3. The second-order valence-corrected chi connectivity index (χ2v) is 9.13. The number of carbonyl (C=O) groups is 2. The average Bonchev–Trinajstić information content (AvgIpc) is 3.42. The Morgan fingerprint density at radius 1 is 0.900 bits per heavy atom. The highest BCUT2D eigenvalue weighted by Gasteiger charge is 2.35. The van der Waals surface area contributed by atoms with Gasteiger partial charge < -0.3 is 9.47 Å². The topological polar surface area (TPSA) is 97.5 Å². The lowest BCUT2D eigenvalue weighted by Crippen LogP contribution is -2.42. The van der Waals surface area contributed by atoms with Gasteiger partial charge in [0.05, 0.1) is 26.5 Å². The first kappa shape index (κ1) is 26.2. The van der Waals surface area contributed by atoms with Gasteiger partial charge in [0.1, 0.15) is 17.3 Å². The number of amides is 2. The highest BCUT2D eigenvalue weighted by molar-refractivity contribution is 6.19. The largest absolute Gasteiger partial charge is 0.493 e. The molecular formula is C32H26N4O4. The minimum atomic E-state index is -0.605. The van der Waals surface area contributed by atoms with Crippen molar-refractivity contribution in [1.82, 2.24) is 14.7 Å². The van der Waals surface area contributed by atoms with Gasteiger partial charge in [-0.2, -0.15) is 10.4 Å². The lowest BCUT2D eigenvalue weighted by molar-refractivity contribution is -0.141. The smallest absolute Gasteiger partial charge is 0.271 e. The Labute approximate surface area is 232 Å². The molecule has 8 heteroatoms. The molecule has 198 valence electrons. The molecule has 2 amide bonds. The summed E-state index contributed by atoms with van der Waals surface area (Å²) in [6.45, 7) is 1.68. The summed E-state index contributed by atoms with van der Waals surface area (Å²) in [6, 6.07) is 26.3. The second kappa shape index (κ2) is 11.1. The first-order chi connectivity index (χ1) is 19.4. The summed E-state index contributed by atoms with van der Waals surface area (Å²) < 4.78 is 12.6. The van der Waals surface area contributed by atoms with E-state index in [0.717, 1.165) is 21.7 Å². The number of nitriles is 1. The average molecular weight is 531 g/mol. The Balaban J connectivity index is 1.67. The van der Waals surface area contributed by atoms with E-state index in [1.165, 1.54) is 0 Å². The Hall–Kier alpha value is -5.42. The summed E-state index contributed by atoms with van der Waals surface area (Å²) >= 11 is 0. The number of nitrogens with zero attached hydrogens (tertiary/aromatic N) is 4. The van der Waals surface area contributed by atoms with Gasteiger partial charge in [0.25, 0.3) is 11.8 Å². The van der Waals surface area contributed by atoms with E-state index in [1.54, 1.807) is 38.0 Å². The lowest BCUT2D eigenvalue weighted by Gasteiger charge is -2.27. The Bertz CT molecular complexity index is 1700. The molecule has 5 rings (SSSR count). The minimum absolute atomic E-state index is 0.0557. The fourth-order valence-corrected chi connectivity index (χ4v) is 4.61. The van der Waals surface area contributed by atoms with Crippen LogP contribution in [0.5, 0.6) is 11.5 Å².